The van der Waals surface area contributed by atoms with E-state index in [4.69, 9.17) is 19.9 Å². The first-order valence-corrected chi connectivity index (χ1v) is 11.5. The third kappa shape index (κ3) is 4.45. The van der Waals surface area contributed by atoms with Gasteiger partial charge in [-0.15, -0.1) is 0 Å². The van der Waals surface area contributed by atoms with Crippen molar-refractivity contribution in [2.24, 2.45) is 5.73 Å². The maximum absolute atomic E-state index is 9.88. The van der Waals surface area contributed by atoms with Gasteiger partial charge in [0.2, 0.25) is 5.88 Å². The van der Waals surface area contributed by atoms with E-state index in [1.807, 2.05) is 37.3 Å². The standard InChI is InChI=1S/C26H20IN3O4/c1-2-32-23-10-17(9-21(27)25(23)33-14-16-6-4-3-5-15(16)12-28)24-19-8-7-18(31)11-22(19)34-26(30)20(24)13-29/h3-11,24,31H,2,14,30H2,1H3/t24-/m0/s1. The molecule has 4 rings (SSSR count). The van der Waals surface area contributed by atoms with Gasteiger partial charge in [-0.1, -0.05) is 24.3 Å². The second kappa shape index (κ2) is 9.94. The summed E-state index contributed by atoms with van der Waals surface area (Å²) in [5, 5.41) is 29.1. The number of ether oxygens (including phenoxy) is 3. The van der Waals surface area contributed by atoms with Crippen LogP contribution in [0.3, 0.4) is 0 Å². The molecule has 7 nitrogen and oxygen atoms in total. The van der Waals surface area contributed by atoms with Crippen LogP contribution in [-0.2, 0) is 6.61 Å². The first-order valence-electron chi connectivity index (χ1n) is 10.4. The maximum Gasteiger partial charge on any atom is 0.205 e. The van der Waals surface area contributed by atoms with E-state index < -0.39 is 5.92 Å². The van der Waals surface area contributed by atoms with Gasteiger partial charge in [-0.05, 0) is 59.3 Å². The van der Waals surface area contributed by atoms with Crippen LogP contribution in [0, 0.1) is 26.2 Å². The zero-order valence-electron chi connectivity index (χ0n) is 18.2. The Hall–Kier alpha value is -3.89. The van der Waals surface area contributed by atoms with Crippen molar-refractivity contribution in [3.05, 3.63) is 91.9 Å². The predicted molar refractivity (Wildman–Crippen MR) is 133 cm³/mol. The quantitative estimate of drug-likeness (QED) is 0.401. The fourth-order valence-electron chi connectivity index (χ4n) is 3.85. The SMILES string of the molecule is CCOc1cc([C@@H]2C(C#N)=C(N)Oc3cc(O)ccc32)cc(I)c1OCc1ccccc1C#N. The predicted octanol–water partition coefficient (Wildman–Crippen LogP) is 5.06. The number of hydrogen-bond acceptors (Lipinski definition) is 7. The van der Waals surface area contributed by atoms with Crippen molar-refractivity contribution in [2.45, 2.75) is 19.4 Å². The van der Waals surface area contributed by atoms with Crippen LogP contribution >= 0.6 is 22.6 Å². The molecule has 1 heterocycles. The van der Waals surface area contributed by atoms with Gasteiger partial charge in [-0.2, -0.15) is 10.5 Å². The van der Waals surface area contributed by atoms with Crippen molar-refractivity contribution in [1.29, 1.82) is 10.5 Å². The van der Waals surface area contributed by atoms with Gasteiger partial charge in [0.15, 0.2) is 11.5 Å². The molecule has 3 aromatic carbocycles. The Morgan fingerprint density at radius 1 is 1.09 bits per heavy atom. The lowest BCUT2D eigenvalue weighted by molar-refractivity contribution is 0.267. The number of allylic oxidation sites excluding steroid dienone is 1. The van der Waals surface area contributed by atoms with Gasteiger partial charge < -0.3 is 25.1 Å². The Morgan fingerprint density at radius 2 is 1.88 bits per heavy atom. The van der Waals surface area contributed by atoms with E-state index >= 15 is 0 Å². The number of nitrogens with zero attached hydrogens (tertiary/aromatic N) is 2. The monoisotopic (exact) mass is 565 g/mol. The smallest absolute Gasteiger partial charge is 0.205 e. The minimum atomic E-state index is -0.504. The fraction of sp³-hybridized carbons (Fsp3) is 0.154. The summed E-state index contributed by atoms with van der Waals surface area (Å²) in [5.41, 5.74) is 9.13. The number of nitrogens with two attached hydrogens (primary N) is 1. The van der Waals surface area contributed by atoms with Crippen molar-refractivity contribution >= 4 is 22.6 Å². The normalized spacial score (nSPS) is 14.4. The van der Waals surface area contributed by atoms with Crippen LogP contribution in [-0.4, -0.2) is 11.7 Å². The molecular weight excluding hydrogens is 545 g/mol. The molecule has 0 fully saturated rings. The number of halogens is 1. The molecule has 0 spiro atoms. The summed E-state index contributed by atoms with van der Waals surface area (Å²) in [5.74, 6) is 0.982. The number of rotatable bonds is 6. The number of phenols is 1. The molecule has 0 aromatic heterocycles. The lowest BCUT2D eigenvalue weighted by atomic mass is 9.83. The average Bonchev–Trinajstić information content (AvgIpc) is 2.82. The Kier molecular flexibility index (Phi) is 6.80. The second-order valence-electron chi connectivity index (χ2n) is 7.47. The summed E-state index contributed by atoms with van der Waals surface area (Å²) in [4.78, 5) is 0. The van der Waals surface area contributed by atoms with E-state index in [1.54, 1.807) is 18.2 Å². The van der Waals surface area contributed by atoms with Crippen molar-refractivity contribution < 1.29 is 19.3 Å². The molecule has 0 saturated carbocycles. The molecule has 8 heteroatoms. The summed E-state index contributed by atoms with van der Waals surface area (Å²) >= 11 is 2.17. The Balaban J connectivity index is 1.77. The molecule has 34 heavy (non-hydrogen) atoms. The van der Waals surface area contributed by atoms with Gasteiger partial charge in [0.25, 0.3) is 0 Å². The van der Waals surface area contributed by atoms with Gasteiger partial charge >= 0.3 is 0 Å². The molecule has 3 N–H and O–H groups in total. The molecule has 170 valence electrons. The fourth-order valence-corrected chi connectivity index (χ4v) is 4.63. The molecule has 0 saturated heterocycles. The molecule has 1 aliphatic rings. The first kappa shape index (κ1) is 23.3. The van der Waals surface area contributed by atoms with Gasteiger partial charge in [0.05, 0.1) is 27.7 Å². The van der Waals surface area contributed by atoms with Crippen LogP contribution < -0.4 is 19.9 Å². The molecule has 0 unspecified atom stereocenters. The number of fused-ring (bicyclic) bond motifs is 1. The zero-order valence-corrected chi connectivity index (χ0v) is 20.4. The number of benzene rings is 3. The van der Waals surface area contributed by atoms with Gasteiger partial charge in [-0.25, -0.2) is 0 Å². The topological polar surface area (TPSA) is 122 Å². The van der Waals surface area contributed by atoms with Crippen LogP contribution in [0.1, 0.15) is 35.1 Å². The van der Waals surface area contributed by atoms with Crippen molar-refractivity contribution in [2.75, 3.05) is 6.61 Å². The van der Waals surface area contributed by atoms with Gasteiger partial charge in [-0.3, -0.25) is 0 Å². The molecule has 0 amide bonds. The Morgan fingerprint density at radius 3 is 2.62 bits per heavy atom. The van der Waals surface area contributed by atoms with E-state index in [2.05, 4.69) is 34.7 Å². The van der Waals surface area contributed by atoms with E-state index in [1.165, 1.54) is 6.07 Å². The lowest BCUT2D eigenvalue weighted by Crippen LogP contribution is -2.21. The first-order chi connectivity index (χ1) is 16.5. The largest absolute Gasteiger partial charge is 0.508 e. The number of nitriles is 2. The molecule has 1 atom stereocenters. The highest BCUT2D eigenvalue weighted by atomic mass is 127. The van der Waals surface area contributed by atoms with Gasteiger partial charge in [0, 0.05) is 17.2 Å². The van der Waals surface area contributed by atoms with Crippen molar-refractivity contribution in [1.82, 2.24) is 0 Å². The van der Waals surface area contributed by atoms with Crippen LogP contribution in [0.5, 0.6) is 23.0 Å². The van der Waals surface area contributed by atoms with Crippen molar-refractivity contribution in [3.8, 4) is 35.1 Å². The number of phenolic OH excluding ortho intramolecular Hbond substituents is 1. The highest BCUT2D eigenvalue weighted by molar-refractivity contribution is 14.1. The van der Waals surface area contributed by atoms with Crippen LogP contribution in [0.2, 0.25) is 0 Å². The summed E-state index contributed by atoms with van der Waals surface area (Å²) in [6.45, 7) is 2.49. The molecule has 3 aromatic rings. The Labute approximate surface area is 210 Å². The highest BCUT2D eigenvalue weighted by Crippen LogP contribution is 2.46. The third-order valence-corrected chi connectivity index (χ3v) is 6.18. The van der Waals surface area contributed by atoms with Crippen LogP contribution in [0.15, 0.2) is 66.1 Å². The summed E-state index contributed by atoms with van der Waals surface area (Å²) in [6, 6.07) is 20.1. The van der Waals surface area contributed by atoms with E-state index in [-0.39, 0.29) is 23.8 Å². The van der Waals surface area contributed by atoms with Crippen LogP contribution in [0.25, 0.3) is 0 Å². The number of hydrogen-bond donors (Lipinski definition) is 2. The summed E-state index contributed by atoms with van der Waals surface area (Å²) < 4.78 is 18.4. The third-order valence-electron chi connectivity index (χ3n) is 5.38. The van der Waals surface area contributed by atoms with E-state index in [0.29, 0.717) is 35.0 Å². The molecule has 0 radical (unpaired) electrons. The lowest BCUT2D eigenvalue weighted by Gasteiger charge is -2.27. The molecule has 1 aliphatic heterocycles. The second-order valence-corrected chi connectivity index (χ2v) is 8.63. The van der Waals surface area contributed by atoms with E-state index in [0.717, 1.165) is 14.7 Å². The van der Waals surface area contributed by atoms with Gasteiger partial charge in [0.1, 0.15) is 29.7 Å². The molecular formula is C26H20IN3O4. The van der Waals surface area contributed by atoms with Crippen LogP contribution in [0.4, 0.5) is 0 Å². The molecule has 0 aliphatic carbocycles. The minimum Gasteiger partial charge on any atom is -0.508 e. The number of aromatic hydroxyl groups is 1. The Bertz CT molecular complexity index is 1370. The van der Waals surface area contributed by atoms with Crippen molar-refractivity contribution in [3.63, 3.8) is 0 Å². The average molecular weight is 565 g/mol. The zero-order chi connectivity index (χ0) is 24.2. The van der Waals surface area contributed by atoms with E-state index in [9.17, 15) is 15.6 Å². The summed E-state index contributed by atoms with van der Waals surface area (Å²) in [7, 11) is 0. The summed E-state index contributed by atoms with van der Waals surface area (Å²) in [6.07, 6.45) is 0. The minimum absolute atomic E-state index is 0.00740. The maximum atomic E-state index is 9.88. The molecule has 0 bridgehead atoms. The highest BCUT2D eigenvalue weighted by Gasteiger charge is 2.32.